The molecule has 0 aromatic rings. The van der Waals surface area contributed by atoms with Crippen LogP contribution in [0.25, 0.3) is 0 Å². The Bertz CT molecular complexity index is 564. The number of hydrogen-bond donors (Lipinski definition) is 0. The third-order valence-corrected chi connectivity index (χ3v) is 6.35. The summed E-state index contributed by atoms with van der Waals surface area (Å²) in [6.07, 6.45) is 6.86. The molecule has 4 aliphatic carbocycles. The molecule has 6 heteroatoms. The summed E-state index contributed by atoms with van der Waals surface area (Å²) in [5.41, 5.74) is -0.376. The maximum Gasteiger partial charge on any atom is 0.336 e. The van der Waals surface area contributed by atoms with Crippen LogP contribution in [0.5, 0.6) is 0 Å². The molecule has 4 saturated carbocycles. The lowest BCUT2D eigenvalue weighted by atomic mass is 9.50. The summed E-state index contributed by atoms with van der Waals surface area (Å²) >= 11 is 0. The molecule has 0 atom stereocenters. The second-order valence-corrected chi connectivity index (χ2v) is 9.09. The van der Waals surface area contributed by atoms with E-state index in [1.165, 1.54) is 6.42 Å². The zero-order valence-electron chi connectivity index (χ0n) is 13.2. The van der Waals surface area contributed by atoms with Crippen LogP contribution >= 0.6 is 0 Å². The lowest BCUT2D eigenvalue weighted by Crippen LogP contribution is -2.58. The number of rotatable bonds is 5. The Kier molecular flexibility index (Phi) is 3.88. The minimum atomic E-state index is -3.59. The largest absolute Gasteiger partial charge is 0.455 e. The molecule has 0 aromatic heterocycles. The lowest BCUT2D eigenvalue weighted by Gasteiger charge is -2.59. The predicted octanol–water partition coefficient (Wildman–Crippen LogP) is 2.28. The van der Waals surface area contributed by atoms with Gasteiger partial charge < -0.3 is 4.74 Å². The molecule has 4 fully saturated rings. The van der Waals surface area contributed by atoms with Crippen molar-refractivity contribution in [2.45, 2.75) is 44.6 Å². The Balaban J connectivity index is 1.64. The van der Waals surface area contributed by atoms with Crippen LogP contribution in [-0.4, -0.2) is 32.9 Å². The van der Waals surface area contributed by atoms with Crippen molar-refractivity contribution in [3.63, 3.8) is 0 Å². The molecule has 0 radical (unpaired) electrons. The van der Waals surface area contributed by atoms with Gasteiger partial charge in [0.05, 0.1) is 18.4 Å². The van der Waals surface area contributed by atoms with Crippen molar-refractivity contribution in [2.75, 3.05) is 12.9 Å². The molecule has 124 valence electrons. The number of ether oxygens (including phenoxy) is 1. The monoisotopic (exact) mass is 328 g/mol. The van der Waals surface area contributed by atoms with E-state index in [1.807, 2.05) is 6.92 Å². The van der Waals surface area contributed by atoms with E-state index in [4.69, 9.17) is 4.74 Å². The van der Waals surface area contributed by atoms with Crippen molar-refractivity contribution in [1.82, 2.24) is 0 Å². The average Bonchev–Trinajstić information content (AvgIpc) is 2.40. The van der Waals surface area contributed by atoms with Crippen molar-refractivity contribution in [3.05, 3.63) is 12.2 Å². The maximum atomic E-state index is 12.3. The molecule has 0 aliphatic heterocycles. The first kappa shape index (κ1) is 16.0. The van der Waals surface area contributed by atoms with Gasteiger partial charge in [0.1, 0.15) is 5.60 Å². The van der Waals surface area contributed by atoms with Crippen molar-refractivity contribution < 1.29 is 22.1 Å². The smallest absolute Gasteiger partial charge is 0.336 e. The van der Waals surface area contributed by atoms with Gasteiger partial charge in [0.2, 0.25) is 0 Å². The quantitative estimate of drug-likeness (QED) is 0.440. The number of carbonyl (C=O) groups is 1. The molecule has 22 heavy (non-hydrogen) atoms. The van der Waals surface area contributed by atoms with E-state index in [0.29, 0.717) is 11.8 Å². The Morgan fingerprint density at radius 1 is 1.14 bits per heavy atom. The molecule has 5 nitrogen and oxygen atoms in total. The summed E-state index contributed by atoms with van der Waals surface area (Å²) in [6, 6.07) is 0. The molecule has 0 unspecified atom stereocenters. The van der Waals surface area contributed by atoms with Gasteiger partial charge in [0, 0.05) is 0 Å². The van der Waals surface area contributed by atoms with E-state index in [2.05, 4.69) is 10.8 Å². The highest BCUT2D eigenvalue weighted by Crippen LogP contribution is 2.59. The summed E-state index contributed by atoms with van der Waals surface area (Å²) in [4.78, 5) is 12.3. The van der Waals surface area contributed by atoms with Crippen LogP contribution in [-0.2, 0) is 23.8 Å². The minimum Gasteiger partial charge on any atom is -0.455 e. The molecule has 0 aromatic carbocycles. The van der Waals surface area contributed by atoms with Crippen LogP contribution in [0.15, 0.2) is 12.2 Å². The van der Waals surface area contributed by atoms with Gasteiger partial charge in [-0.15, -0.1) is 0 Å². The summed E-state index contributed by atoms with van der Waals surface area (Å²) in [5.74, 6) is 1.92. The van der Waals surface area contributed by atoms with E-state index >= 15 is 0 Å². The first-order valence-electron chi connectivity index (χ1n) is 7.93. The van der Waals surface area contributed by atoms with E-state index in [1.54, 1.807) is 0 Å². The van der Waals surface area contributed by atoms with Gasteiger partial charge in [-0.25, -0.2) is 4.79 Å². The van der Waals surface area contributed by atoms with E-state index in [9.17, 15) is 13.2 Å². The van der Waals surface area contributed by atoms with Crippen molar-refractivity contribution in [2.24, 2.45) is 23.7 Å². The zero-order chi connectivity index (χ0) is 16.1. The fourth-order valence-electron chi connectivity index (χ4n) is 4.80. The lowest BCUT2D eigenvalue weighted by molar-refractivity contribution is -0.199. The van der Waals surface area contributed by atoms with Gasteiger partial charge in [-0.1, -0.05) is 6.58 Å². The van der Waals surface area contributed by atoms with Crippen LogP contribution in [0.4, 0.5) is 0 Å². The second-order valence-electron chi connectivity index (χ2n) is 7.45. The van der Waals surface area contributed by atoms with E-state index in [-0.39, 0.29) is 12.2 Å². The summed E-state index contributed by atoms with van der Waals surface area (Å²) in [7, 11) is -3.59. The standard InChI is InChI=1S/C16H24O5S/c1-10(9-20-22(3,18)19)15(17)21-16(2)13-5-11-4-12(7-13)8-14(16)6-11/h11-14H,1,4-9H2,2-3H3. The molecular formula is C16H24O5S. The summed E-state index contributed by atoms with van der Waals surface area (Å²) in [5, 5.41) is 0. The Morgan fingerprint density at radius 3 is 2.09 bits per heavy atom. The zero-order valence-corrected chi connectivity index (χ0v) is 14.0. The van der Waals surface area contributed by atoms with Gasteiger partial charge >= 0.3 is 5.97 Å². The molecular weight excluding hydrogens is 304 g/mol. The van der Waals surface area contributed by atoms with Crippen molar-refractivity contribution >= 4 is 16.1 Å². The first-order chi connectivity index (χ1) is 10.2. The molecule has 4 aliphatic rings. The van der Waals surface area contributed by atoms with Gasteiger partial charge in [-0.05, 0) is 62.7 Å². The molecule has 0 N–H and O–H groups in total. The first-order valence-corrected chi connectivity index (χ1v) is 9.74. The Morgan fingerprint density at radius 2 is 1.64 bits per heavy atom. The third kappa shape index (κ3) is 2.95. The van der Waals surface area contributed by atoms with Gasteiger partial charge in [-0.2, -0.15) is 8.42 Å². The fraction of sp³-hybridized carbons (Fsp3) is 0.812. The van der Waals surface area contributed by atoms with Crippen LogP contribution in [0, 0.1) is 23.7 Å². The minimum absolute atomic E-state index is 0.0560. The second kappa shape index (κ2) is 5.34. The van der Waals surface area contributed by atoms with Crippen LogP contribution in [0.1, 0.15) is 39.0 Å². The number of esters is 1. The number of carbonyl (C=O) groups excluding carboxylic acids is 1. The van der Waals surface area contributed by atoms with Crippen LogP contribution in [0.2, 0.25) is 0 Å². The molecule has 4 bridgehead atoms. The molecule has 0 spiro atoms. The highest BCUT2D eigenvalue weighted by molar-refractivity contribution is 7.86. The highest BCUT2D eigenvalue weighted by atomic mass is 32.2. The highest BCUT2D eigenvalue weighted by Gasteiger charge is 2.57. The Labute approximate surface area is 132 Å². The van der Waals surface area contributed by atoms with Crippen LogP contribution in [0.3, 0.4) is 0 Å². The number of hydrogen-bond acceptors (Lipinski definition) is 5. The summed E-state index contributed by atoms with van der Waals surface area (Å²) < 4.78 is 32.4. The fourth-order valence-corrected chi connectivity index (χ4v) is 5.15. The molecule has 0 heterocycles. The van der Waals surface area contributed by atoms with Gasteiger partial charge in [-0.3, -0.25) is 4.18 Å². The SMILES string of the molecule is C=C(COS(C)(=O)=O)C(=O)OC1(C)C2CC3CC(C2)CC1C3. The average molecular weight is 328 g/mol. The predicted molar refractivity (Wildman–Crippen MR) is 81.5 cm³/mol. The molecule has 0 saturated heterocycles. The topological polar surface area (TPSA) is 69.7 Å². The third-order valence-electron chi connectivity index (χ3n) is 5.81. The Hall–Kier alpha value is -0.880. The normalized spacial score (nSPS) is 39.7. The van der Waals surface area contributed by atoms with Gasteiger partial charge in [0.25, 0.3) is 10.1 Å². The van der Waals surface area contributed by atoms with Crippen molar-refractivity contribution in [3.8, 4) is 0 Å². The van der Waals surface area contributed by atoms with E-state index in [0.717, 1.165) is 43.8 Å². The molecule has 0 amide bonds. The van der Waals surface area contributed by atoms with Crippen molar-refractivity contribution in [1.29, 1.82) is 0 Å². The maximum absolute atomic E-state index is 12.3. The van der Waals surface area contributed by atoms with Gasteiger partial charge in [0.15, 0.2) is 0 Å². The van der Waals surface area contributed by atoms with Crippen LogP contribution < -0.4 is 0 Å². The summed E-state index contributed by atoms with van der Waals surface area (Å²) in [6.45, 7) is 5.31. The molecule has 4 rings (SSSR count). The van der Waals surface area contributed by atoms with E-state index < -0.39 is 21.7 Å².